The van der Waals surface area contributed by atoms with E-state index in [1.807, 2.05) is 30.3 Å². The maximum atomic E-state index is 11.8. The first-order valence-corrected chi connectivity index (χ1v) is 6.10. The molecule has 2 atom stereocenters. The predicted octanol–water partition coefficient (Wildman–Crippen LogP) is 0.172. The van der Waals surface area contributed by atoms with Gasteiger partial charge in [0.25, 0.3) is 0 Å². The summed E-state index contributed by atoms with van der Waals surface area (Å²) in [6.07, 6.45) is -0.199. The van der Waals surface area contributed by atoms with Gasteiger partial charge in [0.15, 0.2) is 0 Å². The Labute approximate surface area is 111 Å². The van der Waals surface area contributed by atoms with E-state index in [1.165, 1.54) is 0 Å². The summed E-state index contributed by atoms with van der Waals surface area (Å²) in [5.41, 5.74) is 0.999. The van der Waals surface area contributed by atoms with Crippen LogP contribution in [0.2, 0.25) is 0 Å². The van der Waals surface area contributed by atoms with E-state index in [0.717, 1.165) is 5.56 Å². The molecule has 0 aromatic heterocycles. The van der Waals surface area contributed by atoms with Gasteiger partial charge in [0.05, 0.1) is 6.10 Å². The highest BCUT2D eigenvalue weighted by Crippen LogP contribution is 2.14. The third-order valence-electron chi connectivity index (χ3n) is 3.01. The summed E-state index contributed by atoms with van der Waals surface area (Å²) in [6, 6.07) is 8.83. The van der Waals surface area contributed by atoms with Crippen molar-refractivity contribution in [1.29, 1.82) is 0 Å². The van der Waals surface area contributed by atoms with Crippen LogP contribution in [0.4, 0.5) is 4.79 Å². The second kappa shape index (κ2) is 6.19. The van der Waals surface area contributed by atoms with E-state index in [2.05, 4.69) is 16.0 Å². The van der Waals surface area contributed by atoms with E-state index >= 15 is 0 Å². The zero-order valence-corrected chi connectivity index (χ0v) is 10.7. The molecule has 0 bridgehead atoms. The molecular formula is C13H17N3O3. The first-order chi connectivity index (χ1) is 9.20. The summed E-state index contributed by atoms with van der Waals surface area (Å²) >= 11 is 0. The largest absolute Gasteiger partial charge is 0.375 e. The Morgan fingerprint density at radius 1 is 1.47 bits per heavy atom. The number of ether oxygens (including phenoxy) is 1. The van der Waals surface area contributed by atoms with Crippen molar-refractivity contribution in [1.82, 2.24) is 16.0 Å². The third-order valence-corrected chi connectivity index (χ3v) is 3.01. The van der Waals surface area contributed by atoms with Gasteiger partial charge in [-0.3, -0.25) is 4.79 Å². The molecule has 3 N–H and O–H groups in total. The molecule has 0 spiro atoms. The minimum Gasteiger partial charge on any atom is -0.375 e. The van der Waals surface area contributed by atoms with Gasteiger partial charge in [0.1, 0.15) is 6.04 Å². The van der Waals surface area contributed by atoms with Crippen molar-refractivity contribution in [3.8, 4) is 0 Å². The lowest BCUT2D eigenvalue weighted by molar-refractivity contribution is -0.123. The molecule has 19 heavy (non-hydrogen) atoms. The smallest absolute Gasteiger partial charge is 0.315 e. The fourth-order valence-corrected chi connectivity index (χ4v) is 1.93. The van der Waals surface area contributed by atoms with Crippen LogP contribution in [0.3, 0.4) is 0 Å². The third kappa shape index (κ3) is 3.45. The average molecular weight is 263 g/mol. The Morgan fingerprint density at radius 3 is 2.79 bits per heavy atom. The molecule has 6 nitrogen and oxygen atoms in total. The highest BCUT2D eigenvalue weighted by molar-refractivity contribution is 5.90. The number of benzene rings is 1. The van der Waals surface area contributed by atoms with Crippen molar-refractivity contribution in [3.05, 3.63) is 35.9 Å². The van der Waals surface area contributed by atoms with Crippen LogP contribution in [-0.2, 0) is 9.53 Å². The number of urea groups is 1. The number of carbonyl (C=O) groups excluding carboxylic acids is 2. The van der Waals surface area contributed by atoms with Crippen LogP contribution < -0.4 is 16.0 Å². The zero-order valence-electron chi connectivity index (χ0n) is 10.7. The van der Waals surface area contributed by atoms with E-state index < -0.39 is 6.04 Å². The molecule has 1 aliphatic heterocycles. The fourth-order valence-electron chi connectivity index (χ4n) is 1.93. The van der Waals surface area contributed by atoms with Gasteiger partial charge < -0.3 is 20.7 Å². The van der Waals surface area contributed by atoms with Gasteiger partial charge in [-0.05, 0) is 5.56 Å². The van der Waals surface area contributed by atoms with E-state index in [1.54, 1.807) is 7.11 Å². The number of carbonyl (C=O) groups is 2. The molecule has 1 fully saturated rings. The van der Waals surface area contributed by atoms with Crippen molar-refractivity contribution in [2.24, 2.45) is 0 Å². The lowest BCUT2D eigenvalue weighted by atomic mass is 10.1. The van der Waals surface area contributed by atoms with Crippen LogP contribution in [0.25, 0.3) is 0 Å². The van der Waals surface area contributed by atoms with Gasteiger partial charge in [-0.25, -0.2) is 4.79 Å². The molecule has 102 valence electrons. The summed E-state index contributed by atoms with van der Waals surface area (Å²) in [7, 11) is 1.60. The van der Waals surface area contributed by atoms with Crippen LogP contribution in [0.15, 0.2) is 30.3 Å². The normalized spacial score (nSPS) is 19.4. The second-order valence-electron chi connectivity index (χ2n) is 4.29. The molecule has 0 radical (unpaired) electrons. The van der Waals surface area contributed by atoms with Crippen molar-refractivity contribution >= 4 is 11.9 Å². The van der Waals surface area contributed by atoms with Crippen LogP contribution in [0.1, 0.15) is 11.7 Å². The number of hydrogen-bond donors (Lipinski definition) is 3. The lowest BCUT2D eigenvalue weighted by Crippen LogP contribution is -2.44. The Balaban J connectivity index is 1.86. The topological polar surface area (TPSA) is 79.5 Å². The minimum atomic E-state index is -0.513. The molecule has 6 heteroatoms. The molecule has 3 amide bonds. The zero-order chi connectivity index (χ0) is 13.7. The molecular weight excluding hydrogens is 246 g/mol. The molecule has 2 rings (SSSR count). The Bertz CT molecular complexity index is 450. The molecule has 1 heterocycles. The molecule has 0 aliphatic carbocycles. The van der Waals surface area contributed by atoms with Gasteiger partial charge in [0, 0.05) is 20.2 Å². The van der Waals surface area contributed by atoms with E-state index in [9.17, 15) is 9.59 Å². The molecule has 1 aromatic rings. The van der Waals surface area contributed by atoms with Crippen LogP contribution in [-0.4, -0.2) is 38.2 Å². The van der Waals surface area contributed by atoms with Gasteiger partial charge in [-0.1, -0.05) is 30.3 Å². The fraction of sp³-hybridized carbons (Fsp3) is 0.385. The highest BCUT2D eigenvalue weighted by atomic mass is 16.5. The van der Waals surface area contributed by atoms with Crippen molar-refractivity contribution in [2.75, 3.05) is 20.2 Å². The summed E-state index contributed by atoms with van der Waals surface area (Å²) in [5.74, 6) is -0.212. The Kier molecular flexibility index (Phi) is 4.35. The molecule has 0 saturated carbocycles. The molecule has 1 aliphatic rings. The van der Waals surface area contributed by atoms with Crippen molar-refractivity contribution in [2.45, 2.75) is 12.1 Å². The quantitative estimate of drug-likeness (QED) is 0.708. The summed E-state index contributed by atoms with van der Waals surface area (Å²) < 4.78 is 5.35. The first kappa shape index (κ1) is 13.4. The number of methoxy groups -OCH3 is 1. The SMILES string of the molecule is CO[C@H](CNC(=O)[C@@H]1CNC(=O)N1)c1ccccc1. The minimum absolute atomic E-state index is 0.199. The van der Waals surface area contributed by atoms with Gasteiger partial charge in [-0.15, -0.1) is 0 Å². The number of hydrogen-bond acceptors (Lipinski definition) is 3. The maximum Gasteiger partial charge on any atom is 0.315 e. The molecule has 1 saturated heterocycles. The van der Waals surface area contributed by atoms with Gasteiger partial charge in [-0.2, -0.15) is 0 Å². The van der Waals surface area contributed by atoms with Crippen LogP contribution >= 0.6 is 0 Å². The highest BCUT2D eigenvalue weighted by Gasteiger charge is 2.26. The average Bonchev–Trinajstić information content (AvgIpc) is 2.87. The maximum absolute atomic E-state index is 11.8. The summed E-state index contributed by atoms with van der Waals surface area (Å²) in [4.78, 5) is 22.8. The predicted molar refractivity (Wildman–Crippen MR) is 69.5 cm³/mol. The van der Waals surface area contributed by atoms with Crippen LogP contribution in [0, 0.1) is 0 Å². The van der Waals surface area contributed by atoms with E-state index in [4.69, 9.17) is 4.74 Å². The van der Waals surface area contributed by atoms with Crippen molar-refractivity contribution in [3.63, 3.8) is 0 Å². The Morgan fingerprint density at radius 2 is 2.21 bits per heavy atom. The number of nitrogens with one attached hydrogen (secondary N) is 3. The standard InChI is InChI=1S/C13H17N3O3/c1-19-11(9-5-3-2-4-6-9)8-14-12(17)10-7-15-13(18)16-10/h2-6,10-11H,7-8H2,1H3,(H,14,17)(H2,15,16,18)/t10-,11+/m0/s1. The van der Waals surface area contributed by atoms with Crippen molar-refractivity contribution < 1.29 is 14.3 Å². The second-order valence-corrected chi connectivity index (χ2v) is 4.29. The van der Waals surface area contributed by atoms with Gasteiger partial charge in [0.2, 0.25) is 5.91 Å². The van der Waals surface area contributed by atoms with E-state index in [-0.39, 0.29) is 18.0 Å². The number of amides is 3. The monoisotopic (exact) mass is 263 g/mol. The Hall–Kier alpha value is -2.08. The first-order valence-electron chi connectivity index (χ1n) is 6.10. The summed E-state index contributed by atoms with van der Waals surface area (Å²) in [5, 5.41) is 7.85. The summed E-state index contributed by atoms with van der Waals surface area (Å²) in [6.45, 7) is 0.680. The lowest BCUT2D eigenvalue weighted by Gasteiger charge is -2.17. The molecule has 0 unspecified atom stereocenters. The van der Waals surface area contributed by atoms with Gasteiger partial charge >= 0.3 is 6.03 Å². The van der Waals surface area contributed by atoms with Crippen LogP contribution in [0.5, 0.6) is 0 Å². The van der Waals surface area contributed by atoms with E-state index in [0.29, 0.717) is 13.1 Å². The molecule has 1 aromatic carbocycles. The number of rotatable bonds is 5.